The van der Waals surface area contributed by atoms with Crippen molar-refractivity contribution < 1.29 is 0 Å². The second-order valence-electron chi connectivity index (χ2n) is 5.42. The largest absolute Gasteiger partial charge is 0.327 e. The molecule has 0 aromatic heterocycles. The van der Waals surface area contributed by atoms with Gasteiger partial charge in [-0.15, -0.1) is 0 Å². The van der Waals surface area contributed by atoms with E-state index in [-0.39, 0.29) is 0 Å². The summed E-state index contributed by atoms with van der Waals surface area (Å²) >= 11 is 0. The van der Waals surface area contributed by atoms with Crippen molar-refractivity contribution in [3.63, 3.8) is 0 Å². The fraction of sp³-hybridized carbons (Fsp3) is 1.00. The molecule has 1 aliphatic carbocycles. The molecule has 0 aromatic carbocycles. The van der Waals surface area contributed by atoms with Gasteiger partial charge in [0.25, 0.3) is 0 Å². The van der Waals surface area contributed by atoms with Gasteiger partial charge in [-0.2, -0.15) is 0 Å². The Morgan fingerprint density at radius 3 is 1.85 bits per heavy atom. The van der Waals surface area contributed by atoms with Crippen molar-refractivity contribution in [2.75, 3.05) is 0 Å². The average Bonchev–Trinajstić information content (AvgIpc) is 2.59. The van der Waals surface area contributed by atoms with E-state index in [4.69, 9.17) is 5.73 Å². The Hall–Kier alpha value is -0.0400. The molecule has 0 amide bonds. The minimum Gasteiger partial charge on any atom is -0.327 e. The molecule has 1 fully saturated rings. The Morgan fingerprint density at radius 2 is 1.54 bits per heavy atom. The quantitative estimate of drug-likeness (QED) is 0.712. The molecule has 1 saturated carbocycles. The van der Waals surface area contributed by atoms with Crippen molar-refractivity contribution in [3.8, 4) is 0 Å². The van der Waals surface area contributed by atoms with E-state index in [1.54, 1.807) is 0 Å². The normalized spacial score (nSPS) is 37.6. The van der Waals surface area contributed by atoms with Crippen LogP contribution in [0, 0.1) is 29.6 Å². The summed E-state index contributed by atoms with van der Waals surface area (Å²) in [7, 11) is 0. The highest BCUT2D eigenvalue weighted by Gasteiger charge is 2.46. The van der Waals surface area contributed by atoms with Crippen LogP contribution in [0.2, 0.25) is 0 Å². The second-order valence-corrected chi connectivity index (χ2v) is 5.42. The fourth-order valence-electron chi connectivity index (χ4n) is 2.34. The van der Waals surface area contributed by atoms with Crippen LogP contribution in [0.3, 0.4) is 0 Å². The van der Waals surface area contributed by atoms with Gasteiger partial charge < -0.3 is 5.73 Å². The SMILES string of the molecule is CC(C)C(C)CC(N)C1C(C)C1C. The van der Waals surface area contributed by atoms with Crippen LogP contribution in [0.5, 0.6) is 0 Å². The third-order valence-corrected chi connectivity index (χ3v) is 4.18. The minimum absolute atomic E-state index is 0.447. The first-order chi connectivity index (χ1) is 5.95. The van der Waals surface area contributed by atoms with Gasteiger partial charge in [0, 0.05) is 6.04 Å². The highest BCUT2D eigenvalue weighted by molar-refractivity contribution is 4.97. The van der Waals surface area contributed by atoms with Gasteiger partial charge in [-0.3, -0.25) is 0 Å². The summed E-state index contributed by atoms with van der Waals surface area (Å²) in [4.78, 5) is 0. The van der Waals surface area contributed by atoms with Crippen LogP contribution in [-0.2, 0) is 0 Å². The minimum atomic E-state index is 0.447. The molecule has 1 rings (SSSR count). The summed E-state index contributed by atoms with van der Waals surface area (Å²) in [5.41, 5.74) is 6.20. The predicted molar refractivity (Wildman–Crippen MR) is 58.4 cm³/mol. The van der Waals surface area contributed by atoms with Crippen molar-refractivity contribution in [3.05, 3.63) is 0 Å². The fourth-order valence-corrected chi connectivity index (χ4v) is 2.34. The molecule has 1 nitrogen and oxygen atoms in total. The first-order valence-electron chi connectivity index (χ1n) is 5.70. The Kier molecular flexibility index (Phi) is 3.39. The molecule has 0 spiro atoms. The zero-order valence-electron chi connectivity index (χ0n) is 9.75. The molecule has 13 heavy (non-hydrogen) atoms. The maximum Gasteiger partial charge on any atom is 0.00750 e. The van der Waals surface area contributed by atoms with E-state index >= 15 is 0 Å². The van der Waals surface area contributed by atoms with E-state index in [0.717, 1.165) is 29.6 Å². The van der Waals surface area contributed by atoms with E-state index in [1.165, 1.54) is 6.42 Å². The van der Waals surface area contributed by atoms with Gasteiger partial charge in [0.15, 0.2) is 0 Å². The van der Waals surface area contributed by atoms with Gasteiger partial charge in [-0.25, -0.2) is 0 Å². The first kappa shape index (κ1) is 11.0. The molecule has 78 valence electrons. The summed E-state index contributed by atoms with van der Waals surface area (Å²) in [6, 6.07) is 0.447. The van der Waals surface area contributed by atoms with Gasteiger partial charge in [0.05, 0.1) is 0 Å². The first-order valence-corrected chi connectivity index (χ1v) is 5.70. The third-order valence-electron chi connectivity index (χ3n) is 4.18. The molecular weight excluding hydrogens is 158 g/mol. The molecule has 4 unspecified atom stereocenters. The predicted octanol–water partition coefficient (Wildman–Crippen LogP) is 2.90. The lowest BCUT2D eigenvalue weighted by atomic mass is 9.89. The summed E-state index contributed by atoms with van der Waals surface area (Å²) in [5.74, 6) is 4.09. The Bertz CT molecular complexity index is 157. The van der Waals surface area contributed by atoms with Crippen molar-refractivity contribution in [2.24, 2.45) is 35.3 Å². The van der Waals surface area contributed by atoms with E-state index in [0.29, 0.717) is 6.04 Å². The molecule has 0 saturated heterocycles. The van der Waals surface area contributed by atoms with Crippen LogP contribution >= 0.6 is 0 Å². The second kappa shape index (κ2) is 4.00. The third kappa shape index (κ3) is 2.46. The molecule has 0 aliphatic heterocycles. The van der Waals surface area contributed by atoms with Gasteiger partial charge >= 0.3 is 0 Å². The van der Waals surface area contributed by atoms with E-state index in [9.17, 15) is 0 Å². The van der Waals surface area contributed by atoms with Crippen LogP contribution in [-0.4, -0.2) is 6.04 Å². The molecular formula is C12H25N. The summed E-state index contributed by atoms with van der Waals surface area (Å²) in [6.45, 7) is 11.6. The van der Waals surface area contributed by atoms with Gasteiger partial charge in [0.1, 0.15) is 0 Å². The van der Waals surface area contributed by atoms with Gasteiger partial charge in [-0.05, 0) is 36.0 Å². The van der Waals surface area contributed by atoms with Crippen molar-refractivity contribution in [1.29, 1.82) is 0 Å². The topological polar surface area (TPSA) is 26.0 Å². The maximum atomic E-state index is 6.20. The monoisotopic (exact) mass is 183 g/mol. The molecule has 0 radical (unpaired) electrons. The molecule has 1 aliphatic rings. The summed E-state index contributed by atoms with van der Waals surface area (Å²) in [5, 5.41) is 0. The molecule has 4 atom stereocenters. The standard InChI is InChI=1S/C12H25N/c1-7(2)8(3)6-11(13)12-9(4)10(12)5/h7-12H,6,13H2,1-5H3. The Morgan fingerprint density at radius 1 is 1.08 bits per heavy atom. The van der Waals surface area contributed by atoms with Crippen molar-refractivity contribution in [1.82, 2.24) is 0 Å². The smallest absolute Gasteiger partial charge is 0.00750 e. The van der Waals surface area contributed by atoms with Crippen LogP contribution in [0.1, 0.15) is 41.0 Å². The van der Waals surface area contributed by atoms with E-state index in [1.807, 2.05) is 0 Å². The maximum absolute atomic E-state index is 6.20. The lowest BCUT2D eigenvalue weighted by molar-refractivity contribution is 0.338. The molecule has 1 heteroatoms. The Labute approximate surface area is 83.1 Å². The van der Waals surface area contributed by atoms with Crippen LogP contribution in [0.4, 0.5) is 0 Å². The summed E-state index contributed by atoms with van der Waals surface area (Å²) < 4.78 is 0. The highest BCUT2D eigenvalue weighted by atomic mass is 14.7. The number of hydrogen-bond acceptors (Lipinski definition) is 1. The Balaban J connectivity index is 2.30. The van der Waals surface area contributed by atoms with Gasteiger partial charge in [0.2, 0.25) is 0 Å². The number of nitrogens with two attached hydrogens (primary N) is 1. The van der Waals surface area contributed by atoms with Gasteiger partial charge in [-0.1, -0.05) is 34.6 Å². The number of rotatable bonds is 4. The van der Waals surface area contributed by atoms with Crippen molar-refractivity contribution >= 4 is 0 Å². The lowest BCUT2D eigenvalue weighted by Crippen LogP contribution is -2.27. The van der Waals surface area contributed by atoms with E-state index in [2.05, 4.69) is 34.6 Å². The lowest BCUT2D eigenvalue weighted by Gasteiger charge is -2.20. The zero-order valence-corrected chi connectivity index (χ0v) is 9.75. The molecule has 0 aromatic rings. The van der Waals surface area contributed by atoms with E-state index < -0.39 is 0 Å². The molecule has 0 heterocycles. The van der Waals surface area contributed by atoms with Crippen molar-refractivity contribution in [2.45, 2.75) is 47.1 Å². The molecule has 2 N–H and O–H groups in total. The highest BCUT2D eigenvalue weighted by Crippen LogP contribution is 2.48. The number of hydrogen-bond donors (Lipinski definition) is 1. The van der Waals surface area contributed by atoms with Crippen LogP contribution < -0.4 is 5.73 Å². The average molecular weight is 183 g/mol. The zero-order chi connectivity index (χ0) is 10.2. The summed E-state index contributed by atoms with van der Waals surface area (Å²) in [6.07, 6.45) is 1.21. The van der Waals surface area contributed by atoms with Crippen LogP contribution in [0.25, 0.3) is 0 Å². The molecule has 0 bridgehead atoms. The van der Waals surface area contributed by atoms with Crippen LogP contribution in [0.15, 0.2) is 0 Å².